The molecule has 1 saturated heterocycles. The van der Waals surface area contributed by atoms with Crippen molar-refractivity contribution in [3.8, 4) is 0 Å². The van der Waals surface area contributed by atoms with Gasteiger partial charge in [-0.1, -0.05) is 187 Å². The molecule has 2 unspecified atom stereocenters. The Morgan fingerprint density at radius 2 is 0.867 bits per heavy atom. The first-order chi connectivity index (χ1) is 37.0. The van der Waals surface area contributed by atoms with Crippen molar-refractivity contribution in [1.82, 2.24) is 9.80 Å². The van der Waals surface area contributed by atoms with Crippen molar-refractivity contribution in [2.75, 3.05) is 106 Å². The van der Waals surface area contributed by atoms with E-state index >= 15 is 0 Å². The van der Waals surface area contributed by atoms with Crippen molar-refractivity contribution in [3.05, 3.63) is 24.3 Å². The maximum Gasteiger partial charge on any atom is 0.309 e. The van der Waals surface area contributed by atoms with E-state index < -0.39 is 6.10 Å². The van der Waals surface area contributed by atoms with Gasteiger partial charge < -0.3 is 43.0 Å². The van der Waals surface area contributed by atoms with Crippen molar-refractivity contribution in [1.29, 1.82) is 0 Å². The Morgan fingerprint density at radius 3 is 1.33 bits per heavy atom. The van der Waals surface area contributed by atoms with Crippen LogP contribution in [0.25, 0.3) is 0 Å². The summed E-state index contributed by atoms with van der Waals surface area (Å²) in [6.07, 6.45) is 51.6. The average molecular weight is 1060 g/mol. The van der Waals surface area contributed by atoms with Crippen LogP contribution in [-0.4, -0.2) is 140 Å². The highest BCUT2D eigenvalue weighted by atomic mass is 16.6. The Morgan fingerprint density at radius 1 is 0.467 bits per heavy atom. The highest BCUT2D eigenvalue weighted by Crippen LogP contribution is 2.19. The van der Waals surface area contributed by atoms with Crippen LogP contribution in [0.4, 0.5) is 0 Å². The highest BCUT2D eigenvalue weighted by Gasteiger charge is 2.30. The zero-order valence-corrected chi connectivity index (χ0v) is 50.0. The summed E-state index contributed by atoms with van der Waals surface area (Å²) in [5, 5.41) is 0. The number of amides is 1. The number of hydrogen-bond donors (Lipinski definition) is 0. The minimum absolute atomic E-state index is 0.00912. The summed E-state index contributed by atoms with van der Waals surface area (Å²) >= 11 is 0. The first kappa shape index (κ1) is 71.2. The Bertz CT molecular complexity index is 1260. The third-order valence-electron chi connectivity index (χ3n) is 14.8. The van der Waals surface area contributed by atoms with Crippen LogP contribution in [0.5, 0.6) is 0 Å². The first-order valence-electron chi connectivity index (χ1n) is 31.9. The standard InChI is InChI=1S/C64H122N2O9/c1-6-10-13-15-17-19-21-23-25-27-29-31-33-35-37-40-48-73-59-62(74-49-41-38-36-34-32-30-28-26-24-22-20-18-16-14-11-7-2)63(67)66(61(9-4)42-39-12-8-3)47-50-69-51-52-70-53-54-71-55-56-72-57-58-75-64(68)60-43-45-65(5)46-44-60/h23-26,60-62H,6-22,27-59H2,1-5H3/b25-23-,26-24-. The van der Waals surface area contributed by atoms with E-state index in [1.807, 2.05) is 4.90 Å². The molecule has 0 aliphatic carbocycles. The molecule has 442 valence electrons. The second-order valence-electron chi connectivity index (χ2n) is 21.6. The smallest absolute Gasteiger partial charge is 0.309 e. The second-order valence-corrected chi connectivity index (χ2v) is 21.6. The van der Waals surface area contributed by atoms with Gasteiger partial charge in [-0.2, -0.15) is 0 Å². The molecule has 0 saturated carbocycles. The number of likely N-dealkylation sites (tertiary alicyclic amines) is 1. The lowest BCUT2D eigenvalue weighted by Gasteiger charge is -2.34. The van der Waals surface area contributed by atoms with Gasteiger partial charge in [0.25, 0.3) is 5.91 Å². The largest absolute Gasteiger partial charge is 0.463 e. The molecule has 2 atom stereocenters. The maximum absolute atomic E-state index is 14.5. The zero-order chi connectivity index (χ0) is 54.2. The molecule has 0 bridgehead atoms. The van der Waals surface area contributed by atoms with E-state index in [1.54, 1.807) is 0 Å². The molecule has 1 heterocycles. The fraction of sp³-hybridized carbons (Fsp3) is 0.906. The quantitative estimate of drug-likeness (QED) is 0.0332. The summed E-state index contributed by atoms with van der Waals surface area (Å²) < 4.78 is 41.2. The van der Waals surface area contributed by atoms with Gasteiger partial charge in [0.2, 0.25) is 0 Å². The van der Waals surface area contributed by atoms with E-state index in [2.05, 4.69) is 63.9 Å². The van der Waals surface area contributed by atoms with Gasteiger partial charge in [0, 0.05) is 25.8 Å². The number of allylic oxidation sites excluding steroid dienone is 4. The number of unbranched alkanes of at least 4 members (excludes halogenated alkanes) is 26. The molecular weight excluding hydrogens is 941 g/mol. The van der Waals surface area contributed by atoms with E-state index in [9.17, 15) is 9.59 Å². The van der Waals surface area contributed by atoms with E-state index in [1.165, 1.54) is 154 Å². The molecule has 0 N–H and O–H groups in total. The molecular formula is C64H122N2O9. The number of rotatable bonds is 58. The lowest BCUT2D eigenvalue weighted by molar-refractivity contribution is -0.152. The molecule has 75 heavy (non-hydrogen) atoms. The van der Waals surface area contributed by atoms with Gasteiger partial charge >= 0.3 is 5.97 Å². The van der Waals surface area contributed by atoms with E-state index in [0.29, 0.717) is 79.2 Å². The molecule has 0 aromatic rings. The number of carbonyl (C=O) groups excluding carboxylic acids is 2. The Kier molecular flexibility index (Phi) is 53.9. The molecule has 11 nitrogen and oxygen atoms in total. The van der Waals surface area contributed by atoms with Crippen LogP contribution < -0.4 is 0 Å². The van der Waals surface area contributed by atoms with Gasteiger partial charge in [0.15, 0.2) is 6.10 Å². The molecule has 11 heteroatoms. The van der Waals surface area contributed by atoms with Crippen LogP contribution >= 0.6 is 0 Å². The van der Waals surface area contributed by atoms with Gasteiger partial charge in [0.1, 0.15) is 6.61 Å². The number of hydrogen-bond acceptors (Lipinski definition) is 10. The predicted molar refractivity (Wildman–Crippen MR) is 314 cm³/mol. The second kappa shape index (κ2) is 56.8. The average Bonchev–Trinajstić information content (AvgIpc) is 3.42. The highest BCUT2D eigenvalue weighted by molar-refractivity contribution is 5.81. The summed E-state index contributed by atoms with van der Waals surface area (Å²) in [4.78, 5) is 31.1. The summed E-state index contributed by atoms with van der Waals surface area (Å²) in [6, 6.07) is 0.136. The Balaban J connectivity index is 2.51. The fourth-order valence-corrected chi connectivity index (χ4v) is 9.76. The fourth-order valence-electron chi connectivity index (χ4n) is 9.76. The van der Waals surface area contributed by atoms with E-state index in [4.69, 9.17) is 33.2 Å². The molecule has 1 amide bonds. The number of piperidine rings is 1. The van der Waals surface area contributed by atoms with Crippen molar-refractivity contribution in [3.63, 3.8) is 0 Å². The van der Waals surface area contributed by atoms with Gasteiger partial charge in [-0.3, -0.25) is 9.59 Å². The van der Waals surface area contributed by atoms with Gasteiger partial charge in [-0.25, -0.2) is 0 Å². The number of carbonyl (C=O) groups is 2. The minimum atomic E-state index is -0.609. The number of esters is 1. The van der Waals surface area contributed by atoms with Crippen LogP contribution in [0.3, 0.4) is 0 Å². The summed E-state index contributed by atoms with van der Waals surface area (Å²) in [7, 11) is 2.08. The molecule has 0 aromatic heterocycles. The predicted octanol–water partition coefficient (Wildman–Crippen LogP) is 15.6. The van der Waals surface area contributed by atoms with Gasteiger partial charge in [-0.05, 0) is 110 Å². The van der Waals surface area contributed by atoms with Crippen LogP contribution in [0.2, 0.25) is 0 Å². The van der Waals surface area contributed by atoms with Crippen LogP contribution in [0.15, 0.2) is 24.3 Å². The monoisotopic (exact) mass is 1060 g/mol. The van der Waals surface area contributed by atoms with Crippen molar-refractivity contribution in [2.45, 2.75) is 265 Å². The van der Waals surface area contributed by atoms with Crippen LogP contribution in [0.1, 0.15) is 252 Å². The SMILES string of the molecule is CCCCCCCC/C=C\CCCCCCCCOCC(OCCCCCCCC/C=C\CCCCCCCC)C(=O)N(CCOCCOCCOCCOCCOC(=O)C1CCN(C)CC1)C(CC)CCCCC. The lowest BCUT2D eigenvalue weighted by Crippen LogP contribution is -2.49. The maximum atomic E-state index is 14.5. The van der Waals surface area contributed by atoms with E-state index in [-0.39, 0.29) is 30.4 Å². The van der Waals surface area contributed by atoms with Crippen molar-refractivity contribution < 1.29 is 42.7 Å². The lowest BCUT2D eigenvalue weighted by atomic mass is 9.97. The molecule has 0 aromatic carbocycles. The zero-order valence-electron chi connectivity index (χ0n) is 50.0. The Labute approximate surface area is 463 Å². The summed E-state index contributed by atoms with van der Waals surface area (Å²) in [5.41, 5.74) is 0. The minimum Gasteiger partial charge on any atom is -0.463 e. The van der Waals surface area contributed by atoms with Crippen molar-refractivity contribution in [2.24, 2.45) is 5.92 Å². The third kappa shape index (κ3) is 45.7. The van der Waals surface area contributed by atoms with Gasteiger partial charge in [0.05, 0.1) is 65.4 Å². The molecule has 0 spiro atoms. The molecule has 1 aliphatic heterocycles. The van der Waals surface area contributed by atoms with Crippen LogP contribution in [0, 0.1) is 5.92 Å². The van der Waals surface area contributed by atoms with Crippen LogP contribution in [-0.2, 0) is 42.7 Å². The molecule has 1 fully saturated rings. The molecule has 1 aliphatic rings. The Hall–Kier alpha value is -1.86. The topological polar surface area (TPSA) is 105 Å². The normalized spacial score (nSPS) is 14.4. The van der Waals surface area contributed by atoms with Crippen molar-refractivity contribution >= 4 is 11.9 Å². The number of nitrogens with zero attached hydrogens (tertiary/aromatic N) is 2. The van der Waals surface area contributed by atoms with E-state index in [0.717, 1.165) is 83.7 Å². The third-order valence-corrected chi connectivity index (χ3v) is 14.8. The molecule has 1 rings (SSSR count). The summed E-state index contributed by atoms with van der Waals surface area (Å²) in [6.45, 7) is 16.7. The molecule has 0 radical (unpaired) electrons. The first-order valence-corrected chi connectivity index (χ1v) is 31.9. The number of ether oxygens (including phenoxy) is 7. The van der Waals surface area contributed by atoms with Gasteiger partial charge in [-0.15, -0.1) is 0 Å². The summed E-state index contributed by atoms with van der Waals surface area (Å²) in [5.74, 6) is -0.0565.